The number of aliphatic hydroxyl groups is 2. The smallest absolute Gasteiger partial charge is 0.313 e. The molecule has 6 unspecified atom stereocenters. The Morgan fingerprint density at radius 3 is 2.30 bits per heavy atom. The van der Waals surface area contributed by atoms with E-state index >= 15 is 0 Å². The second-order valence-corrected chi connectivity index (χ2v) is 18.5. The third-order valence-electron chi connectivity index (χ3n) is 15.1. The summed E-state index contributed by atoms with van der Waals surface area (Å²) >= 11 is 0. The number of ketones is 1. The predicted molar refractivity (Wildman–Crippen MR) is 222 cm³/mol. The molecule has 3 aromatic carbocycles. The summed E-state index contributed by atoms with van der Waals surface area (Å²) in [6.45, 7) is 11.0. The number of esters is 1. The third-order valence-corrected chi connectivity index (χ3v) is 15.1. The average Bonchev–Trinajstić information content (AvgIpc) is 3.63. The molecule has 304 valence electrons. The van der Waals surface area contributed by atoms with Crippen molar-refractivity contribution in [3.8, 4) is 11.1 Å². The number of fused-ring (bicyclic) bond motifs is 10. The van der Waals surface area contributed by atoms with Gasteiger partial charge in [-0.2, -0.15) is 0 Å². The minimum atomic E-state index is -1.32. The molecule has 1 saturated heterocycles. The van der Waals surface area contributed by atoms with Crippen LogP contribution in [0.3, 0.4) is 0 Å². The van der Waals surface area contributed by atoms with Crippen molar-refractivity contribution in [1.82, 2.24) is 4.90 Å². The summed E-state index contributed by atoms with van der Waals surface area (Å²) < 4.78 is 11.5. The van der Waals surface area contributed by atoms with Crippen LogP contribution in [0, 0.1) is 16.2 Å². The Kier molecular flexibility index (Phi) is 11.2. The number of rotatable bonds is 10. The highest BCUT2D eigenvalue weighted by atomic mass is 16.6. The van der Waals surface area contributed by atoms with Crippen LogP contribution in [0.15, 0.2) is 84.4 Å². The maximum absolute atomic E-state index is 15.0. The summed E-state index contributed by atoms with van der Waals surface area (Å²) in [6, 6.07) is 23.9. The molecule has 0 radical (unpaired) electrons. The Bertz CT molecular complexity index is 2020. The van der Waals surface area contributed by atoms with Crippen LogP contribution in [-0.4, -0.2) is 76.9 Å². The van der Waals surface area contributed by atoms with Gasteiger partial charge in [0, 0.05) is 42.2 Å². The summed E-state index contributed by atoms with van der Waals surface area (Å²) in [6.07, 6.45) is 7.44. The number of ether oxygens (including phenoxy) is 2. The third kappa shape index (κ3) is 6.99. The SMILES string of the molecule is COCCCN(CC1(O)CCC2c3ccc(cc3C(=O)c3ccc(-c4ccccc4)cc3)CC(O)CCC(C)=CCCC21C)C(=O)C12CCC(C)(C(=O)O1)C2(C)C. The van der Waals surface area contributed by atoms with Crippen LogP contribution in [0.25, 0.3) is 11.1 Å². The molecule has 6 atom stereocenters. The lowest BCUT2D eigenvalue weighted by atomic mass is 9.64. The zero-order chi connectivity index (χ0) is 40.8. The Morgan fingerprint density at radius 1 is 0.912 bits per heavy atom. The van der Waals surface area contributed by atoms with Gasteiger partial charge < -0.3 is 24.6 Å². The number of amides is 1. The van der Waals surface area contributed by atoms with Gasteiger partial charge in [-0.3, -0.25) is 14.4 Å². The number of nitrogens with zero attached hydrogens (tertiary/aromatic N) is 1. The summed E-state index contributed by atoms with van der Waals surface area (Å²) in [7, 11) is 1.64. The van der Waals surface area contributed by atoms with Crippen LogP contribution in [0.1, 0.15) is 125 Å². The number of hydrogen-bond acceptors (Lipinski definition) is 7. The van der Waals surface area contributed by atoms with E-state index in [0.717, 1.165) is 28.7 Å². The first kappa shape index (κ1) is 41.1. The van der Waals surface area contributed by atoms with Gasteiger partial charge in [-0.25, -0.2) is 0 Å². The van der Waals surface area contributed by atoms with Gasteiger partial charge in [0.2, 0.25) is 0 Å². The molecule has 8 rings (SSSR count). The fourth-order valence-corrected chi connectivity index (χ4v) is 10.7. The molecular weight excluding hydrogens is 715 g/mol. The average molecular weight is 776 g/mol. The maximum Gasteiger partial charge on any atom is 0.313 e. The number of carbonyl (C=O) groups excluding carboxylic acids is 3. The van der Waals surface area contributed by atoms with E-state index in [1.165, 1.54) is 5.57 Å². The van der Waals surface area contributed by atoms with Crippen molar-refractivity contribution < 1.29 is 34.1 Å². The normalized spacial score (nSPS) is 30.7. The number of hydrogen-bond donors (Lipinski definition) is 2. The first-order chi connectivity index (χ1) is 27.1. The number of methoxy groups -OCH3 is 1. The van der Waals surface area contributed by atoms with Gasteiger partial charge in [-0.1, -0.05) is 99.2 Å². The fourth-order valence-electron chi connectivity index (χ4n) is 10.7. The molecule has 5 aliphatic rings. The van der Waals surface area contributed by atoms with E-state index < -0.39 is 33.6 Å². The second kappa shape index (κ2) is 15.6. The zero-order valence-electron chi connectivity index (χ0n) is 34.7. The van der Waals surface area contributed by atoms with Crippen molar-refractivity contribution in [1.29, 1.82) is 0 Å². The molecule has 4 bridgehead atoms. The van der Waals surface area contributed by atoms with E-state index in [4.69, 9.17) is 9.47 Å². The minimum Gasteiger partial charge on any atom is -0.448 e. The van der Waals surface area contributed by atoms with Crippen molar-refractivity contribution in [2.45, 2.75) is 122 Å². The Labute approximate surface area is 338 Å². The molecule has 1 aliphatic heterocycles. The highest BCUT2D eigenvalue weighted by molar-refractivity contribution is 6.10. The van der Waals surface area contributed by atoms with Gasteiger partial charge in [0.25, 0.3) is 5.91 Å². The van der Waals surface area contributed by atoms with Crippen molar-refractivity contribution in [2.75, 3.05) is 26.8 Å². The number of allylic oxidation sites excluding steroid dienone is 2. The van der Waals surface area contributed by atoms with E-state index in [1.54, 1.807) is 12.0 Å². The number of carbonyl (C=O) groups is 3. The monoisotopic (exact) mass is 775 g/mol. The molecule has 2 saturated carbocycles. The molecule has 3 aromatic rings. The number of aliphatic hydroxyl groups excluding tert-OH is 1. The lowest BCUT2D eigenvalue weighted by Gasteiger charge is -2.47. The molecule has 1 heterocycles. The van der Waals surface area contributed by atoms with Crippen LogP contribution < -0.4 is 0 Å². The first-order valence-corrected chi connectivity index (χ1v) is 21.0. The van der Waals surface area contributed by atoms with Gasteiger partial charge in [0.05, 0.1) is 23.7 Å². The van der Waals surface area contributed by atoms with Crippen LogP contribution in [-0.2, 0) is 25.5 Å². The Hall–Kier alpha value is -4.11. The van der Waals surface area contributed by atoms with Crippen molar-refractivity contribution in [3.63, 3.8) is 0 Å². The molecule has 1 amide bonds. The number of benzene rings is 3. The highest BCUT2D eigenvalue weighted by Gasteiger charge is 2.76. The van der Waals surface area contributed by atoms with Gasteiger partial charge in [-0.15, -0.1) is 0 Å². The lowest BCUT2D eigenvalue weighted by Crippen LogP contribution is -2.60. The minimum absolute atomic E-state index is 0.0752. The summed E-state index contributed by atoms with van der Waals surface area (Å²) in [5.41, 5.74) is 1.39. The van der Waals surface area contributed by atoms with Crippen LogP contribution in [0.4, 0.5) is 0 Å². The molecule has 8 nitrogen and oxygen atoms in total. The van der Waals surface area contributed by atoms with Gasteiger partial charge >= 0.3 is 5.97 Å². The molecule has 0 aromatic heterocycles. The largest absolute Gasteiger partial charge is 0.448 e. The molecule has 4 aliphatic carbocycles. The van der Waals surface area contributed by atoms with E-state index in [0.29, 0.717) is 82.1 Å². The Balaban J connectivity index is 1.28. The fraction of sp³-hybridized carbons (Fsp3) is 0.531. The van der Waals surface area contributed by atoms with Gasteiger partial charge in [0.1, 0.15) is 0 Å². The summed E-state index contributed by atoms with van der Waals surface area (Å²) in [5.74, 6) is -0.864. The van der Waals surface area contributed by atoms with E-state index in [-0.39, 0.29) is 30.1 Å². The van der Waals surface area contributed by atoms with Crippen LogP contribution >= 0.6 is 0 Å². The van der Waals surface area contributed by atoms with Crippen LogP contribution in [0.5, 0.6) is 0 Å². The topological polar surface area (TPSA) is 113 Å². The standard InChI is InChI=1S/C49H61NO7/c1-33-12-10-24-46(4)41(23-25-48(46,55)32-50(28-11-29-56-6)43(53)49-27-26-47(5,44(54)57-49)45(49,2)3)39-22-16-34(30-38(51)21-15-33)31-40(39)42(52)37-19-17-36(18-20-37)35-13-8-7-9-14-35/h7-9,12-14,16-20,22,31,38,41,51,55H,10-11,15,21,23-30,32H2,1-6H3. The molecule has 2 N–H and O–H groups in total. The quantitative estimate of drug-likeness (QED) is 0.0918. The lowest BCUT2D eigenvalue weighted by molar-refractivity contribution is -0.177. The highest BCUT2D eigenvalue weighted by Crippen LogP contribution is 2.66. The molecular formula is C49H61NO7. The van der Waals surface area contributed by atoms with Gasteiger partial charge in [0.15, 0.2) is 11.4 Å². The van der Waals surface area contributed by atoms with Crippen molar-refractivity contribution in [2.24, 2.45) is 16.2 Å². The predicted octanol–water partition coefficient (Wildman–Crippen LogP) is 8.61. The van der Waals surface area contributed by atoms with E-state index in [1.807, 2.05) is 75.4 Å². The Morgan fingerprint density at radius 2 is 1.63 bits per heavy atom. The van der Waals surface area contributed by atoms with Crippen LogP contribution in [0.2, 0.25) is 0 Å². The maximum atomic E-state index is 15.0. The summed E-state index contributed by atoms with van der Waals surface area (Å²) in [4.78, 5) is 44.8. The van der Waals surface area contributed by atoms with E-state index in [9.17, 15) is 24.6 Å². The summed E-state index contributed by atoms with van der Waals surface area (Å²) in [5, 5.41) is 24.3. The second-order valence-electron chi connectivity index (χ2n) is 18.5. The van der Waals surface area contributed by atoms with Crippen molar-refractivity contribution in [3.05, 3.63) is 107 Å². The zero-order valence-corrected chi connectivity index (χ0v) is 34.7. The van der Waals surface area contributed by atoms with E-state index in [2.05, 4.69) is 38.1 Å². The molecule has 8 heteroatoms. The molecule has 0 spiro atoms. The first-order valence-electron chi connectivity index (χ1n) is 21.0. The molecule has 57 heavy (non-hydrogen) atoms. The molecule has 3 fully saturated rings. The van der Waals surface area contributed by atoms with Gasteiger partial charge in [-0.05, 0) is 112 Å². The van der Waals surface area contributed by atoms with Crippen molar-refractivity contribution >= 4 is 17.7 Å².